The normalized spacial score (nSPS) is 12.5. The molecule has 2 aromatic carbocycles. The van der Waals surface area contributed by atoms with Crippen molar-refractivity contribution in [2.75, 3.05) is 4.72 Å². The number of carbonyl (C=O) groups is 1. The smallest absolute Gasteiger partial charge is 0.261 e. The molecule has 2 N–H and O–H groups in total. The van der Waals surface area contributed by atoms with Gasteiger partial charge in [0, 0.05) is 11.1 Å². The van der Waals surface area contributed by atoms with Gasteiger partial charge in [0.05, 0.1) is 21.2 Å². The molecule has 0 aliphatic heterocycles. The lowest BCUT2D eigenvalue weighted by Crippen LogP contribution is -2.32. The molecule has 0 saturated heterocycles. The highest BCUT2D eigenvalue weighted by atomic mass is 35.5. The third-order valence-corrected chi connectivity index (χ3v) is 5.54. The molecular weight excluding hydrogens is 383 g/mol. The van der Waals surface area contributed by atoms with Crippen LogP contribution in [-0.2, 0) is 10.0 Å². The molecule has 0 aromatic heterocycles. The van der Waals surface area contributed by atoms with Gasteiger partial charge in [-0.3, -0.25) is 9.52 Å². The van der Waals surface area contributed by atoms with Gasteiger partial charge in [-0.2, -0.15) is 0 Å². The van der Waals surface area contributed by atoms with Crippen molar-refractivity contribution < 1.29 is 13.2 Å². The van der Waals surface area contributed by atoms with Crippen LogP contribution in [0.5, 0.6) is 0 Å². The molecule has 0 radical (unpaired) electrons. The summed E-state index contributed by atoms with van der Waals surface area (Å²) in [4.78, 5) is 12.2. The maximum absolute atomic E-state index is 12.4. The fourth-order valence-corrected chi connectivity index (χ4v) is 3.44. The maximum Gasteiger partial charge on any atom is 0.261 e. The van der Waals surface area contributed by atoms with Gasteiger partial charge in [-0.1, -0.05) is 30.1 Å². The molecule has 2 aromatic rings. The van der Waals surface area contributed by atoms with E-state index < -0.39 is 10.0 Å². The number of carbonyl (C=O) groups excluding carboxylic acids is 1. The van der Waals surface area contributed by atoms with Gasteiger partial charge in [0.1, 0.15) is 0 Å². The van der Waals surface area contributed by atoms with Crippen LogP contribution in [0.3, 0.4) is 0 Å². The summed E-state index contributed by atoms with van der Waals surface area (Å²) in [5, 5.41) is 3.42. The molecule has 0 aliphatic rings. The average Bonchev–Trinajstić information content (AvgIpc) is 2.54. The average molecular weight is 401 g/mol. The van der Waals surface area contributed by atoms with Crippen molar-refractivity contribution in [3.05, 3.63) is 58.1 Å². The van der Waals surface area contributed by atoms with E-state index in [9.17, 15) is 13.2 Å². The van der Waals surface area contributed by atoms with E-state index in [1.165, 1.54) is 42.5 Å². The van der Waals surface area contributed by atoms with Gasteiger partial charge in [0.25, 0.3) is 15.9 Å². The number of nitrogens with one attached hydrogen (secondary N) is 2. The molecule has 0 spiro atoms. The number of halogens is 2. The molecule has 0 saturated carbocycles. The van der Waals surface area contributed by atoms with Crippen LogP contribution >= 0.6 is 23.2 Å². The number of sulfonamides is 1. The quantitative estimate of drug-likeness (QED) is 0.757. The fourth-order valence-electron chi connectivity index (χ4n) is 1.99. The lowest BCUT2D eigenvalue weighted by Gasteiger charge is -2.13. The second-order valence-electron chi connectivity index (χ2n) is 5.54. The van der Waals surface area contributed by atoms with Crippen LogP contribution in [-0.4, -0.2) is 20.4 Å². The number of benzene rings is 2. The SMILES string of the molecule is CCC(C)NC(=O)c1ccc(NS(=O)(=O)c2ccc(Cl)cc2)cc1Cl. The lowest BCUT2D eigenvalue weighted by atomic mass is 10.1. The summed E-state index contributed by atoms with van der Waals surface area (Å²) in [6.07, 6.45) is 0.794. The van der Waals surface area contributed by atoms with Crippen molar-refractivity contribution in [3.63, 3.8) is 0 Å². The van der Waals surface area contributed by atoms with Gasteiger partial charge in [0.2, 0.25) is 0 Å². The number of hydrogen-bond donors (Lipinski definition) is 2. The molecule has 1 atom stereocenters. The van der Waals surface area contributed by atoms with Crippen LogP contribution in [0.25, 0.3) is 0 Å². The van der Waals surface area contributed by atoms with E-state index in [1.54, 1.807) is 0 Å². The first-order chi connectivity index (χ1) is 11.7. The number of amides is 1. The zero-order valence-corrected chi connectivity index (χ0v) is 16.0. The highest BCUT2D eigenvalue weighted by Gasteiger charge is 2.17. The molecule has 8 heteroatoms. The zero-order chi connectivity index (χ0) is 18.6. The third kappa shape index (κ3) is 5.11. The Morgan fingerprint density at radius 3 is 2.32 bits per heavy atom. The summed E-state index contributed by atoms with van der Waals surface area (Å²) in [5.74, 6) is -0.300. The standard InChI is InChI=1S/C17H18Cl2N2O3S/c1-3-11(2)20-17(22)15-9-6-13(10-16(15)19)21-25(23,24)14-7-4-12(18)5-8-14/h4-11,21H,3H2,1-2H3,(H,20,22). The molecule has 134 valence electrons. The first-order valence-corrected chi connectivity index (χ1v) is 9.85. The second-order valence-corrected chi connectivity index (χ2v) is 8.06. The molecule has 0 fully saturated rings. The first-order valence-electron chi connectivity index (χ1n) is 7.61. The van der Waals surface area contributed by atoms with Gasteiger partial charge < -0.3 is 5.32 Å². The summed E-state index contributed by atoms with van der Waals surface area (Å²) in [6, 6.07) is 10.2. The Labute approximate surface area is 157 Å². The van der Waals surface area contributed by atoms with E-state index in [4.69, 9.17) is 23.2 Å². The summed E-state index contributed by atoms with van der Waals surface area (Å²) in [5.41, 5.74) is 0.552. The summed E-state index contributed by atoms with van der Waals surface area (Å²) < 4.78 is 27.1. The molecule has 25 heavy (non-hydrogen) atoms. The molecule has 0 heterocycles. The lowest BCUT2D eigenvalue weighted by molar-refractivity contribution is 0.0939. The van der Waals surface area contributed by atoms with E-state index in [2.05, 4.69) is 10.0 Å². The predicted octanol–water partition coefficient (Wildman–Crippen LogP) is 4.32. The number of rotatable bonds is 6. The fraction of sp³-hybridized carbons (Fsp3) is 0.235. The maximum atomic E-state index is 12.4. The first kappa shape index (κ1) is 19.6. The van der Waals surface area contributed by atoms with Crippen molar-refractivity contribution >= 4 is 44.8 Å². The molecule has 2 rings (SSSR count). The van der Waals surface area contributed by atoms with Gasteiger partial charge in [-0.05, 0) is 55.8 Å². The van der Waals surface area contributed by atoms with Gasteiger partial charge in [-0.25, -0.2) is 8.42 Å². The van der Waals surface area contributed by atoms with E-state index in [-0.39, 0.29) is 33.1 Å². The zero-order valence-electron chi connectivity index (χ0n) is 13.7. The van der Waals surface area contributed by atoms with Crippen LogP contribution in [0, 0.1) is 0 Å². The number of hydrogen-bond acceptors (Lipinski definition) is 3. The Morgan fingerprint density at radius 1 is 1.12 bits per heavy atom. The van der Waals surface area contributed by atoms with E-state index in [0.717, 1.165) is 6.42 Å². The molecular formula is C17H18Cl2N2O3S. The Bertz CT molecular complexity index is 868. The largest absolute Gasteiger partial charge is 0.350 e. The topological polar surface area (TPSA) is 75.3 Å². The van der Waals surface area contributed by atoms with Gasteiger partial charge >= 0.3 is 0 Å². The highest BCUT2D eigenvalue weighted by molar-refractivity contribution is 7.92. The van der Waals surface area contributed by atoms with Crippen LogP contribution < -0.4 is 10.0 Å². The monoisotopic (exact) mass is 400 g/mol. The minimum Gasteiger partial charge on any atom is -0.350 e. The van der Waals surface area contributed by atoms with Gasteiger partial charge in [-0.15, -0.1) is 0 Å². The van der Waals surface area contributed by atoms with E-state index in [1.807, 2.05) is 13.8 Å². The minimum atomic E-state index is -3.77. The van der Waals surface area contributed by atoms with Crippen LogP contribution in [0.2, 0.25) is 10.0 Å². The Morgan fingerprint density at radius 2 is 1.76 bits per heavy atom. The molecule has 0 aliphatic carbocycles. The van der Waals surface area contributed by atoms with Crippen molar-refractivity contribution in [1.29, 1.82) is 0 Å². The molecule has 1 amide bonds. The van der Waals surface area contributed by atoms with Gasteiger partial charge in [0.15, 0.2) is 0 Å². The van der Waals surface area contributed by atoms with Crippen molar-refractivity contribution in [2.45, 2.75) is 31.2 Å². The van der Waals surface area contributed by atoms with Crippen molar-refractivity contribution in [1.82, 2.24) is 5.32 Å². The Hall–Kier alpha value is -1.76. The second kappa shape index (κ2) is 8.08. The Balaban J connectivity index is 2.20. The number of anilines is 1. The van der Waals surface area contributed by atoms with Crippen molar-refractivity contribution in [2.24, 2.45) is 0 Å². The summed E-state index contributed by atoms with van der Waals surface area (Å²) in [6.45, 7) is 3.85. The van der Waals surface area contributed by atoms with Crippen molar-refractivity contribution in [3.8, 4) is 0 Å². The van der Waals surface area contributed by atoms with E-state index in [0.29, 0.717) is 5.02 Å². The summed E-state index contributed by atoms with van der Waals surface area (Å²) >= 11 is 11.9. The van der Waals surface area contributed by atoms with Crippen LogP contribution in [0.1, 0.15) is 30.6 Å². The minimum absolute atomic E-state index is 0.0200. The van der Waals surface area contributed by atoms with Crippen LogP contribution in [0.4, 0.5) is 5.69 Å². The third-order valence-electron chi connectivity index (χ3n) is 3.58. The molecule has 5 nitrogen and oxygen atoms in total. The molecule has 0 bridgehead atoms. The molecule has 1 unspecified atom stereocenters. The van der Waals surface area contributed by atoms with Crippen LogP contribution in [0.15, 0.2) is 47.4 Å². The predicted molar refractivity (Wildman–Crippen MR) is 101 cm³/mol. The summed E-state index contributed by atoms with van der Waals surface area (Å²) in [7, 11) is -3.77. The van der Waals surface area contributed by atoms with E-state index >= 15 is 0 Å². The Kier molecular flexibility index (Phi) is 6.32. The highest BCUT2D eigenvalue weighted by Crippen LogP contribution is 2.24.